The van der Waals surface area contributed by atoms with Crippen LogP contribution >= 0.6 is 11.6 Å². The van der Waals surface area contributed by atoms with Crippen LogP contribution in [0.5, 0.6) is 5.75 Å². The first-order valence-corrected chi connectivity index (χ1v) is 5.59. The van der Waals surface area contributed by atoms with E-state index in [-0.39, 0.29) is 5.69 Å². The lowest BCUT2D eigenvalue weighted by Gasteiger charge is -1.97. The zero-order valence-corrected chi connectivity index (χ0v) is 10.3. The van der Waals surface area contributed by atoms with Gasteiger partial charge in [0.2, 0.25) is 0 Å². The van der Waals surface area contributed by atoms with Gasteiger partial charge in [-0.15, -0.1) is 5.11 Å². The number of phenolic OH excluding ortho intramolecular Hbond substituents is 1. The fraction of sp³-hybridized carbons (Fsp3) is 0. The summed E-state index contributed by atoms with van der Waals surface area (Å²) >= 11 is 5.90. The molecule has 2 rings (SSSR count). The Morgan fingerprint density at radius 2 is 1.89 bits per heavy atom. The highest BCUT2D eigenvalue weighted by Crippen LogP contribution is 2.31. The zero-order chi connectivity index (χ0) is 13.8. The average molecular weight is 278 g/mol. The minimum absolute atomic E-state index is 0.254. The first-order chi connectivity index (χ1) is 9.08. The Morgan fingerprint density at radius 1 is 1.16 bits per heavy atom. The lowest BCUT2D eigenvalue weighted by molar-refractivity contribution is -0.385. The number of aromatic hydroxyl groups is 1. The summed E-state index contributed by atoms with van der Waals surface area (Å²) in [6.45, 7) is 0. The van der Waals surface area contributed by atoms with Crippen molar-refractivity contribution in [3.8, 4) is 5.75 Å². The van der Waals surface area contributed by atoms with E-state index < -0.39 is 16.4 Å². The van der Waals surface area contributed by atoms with Gasteiger partial charge in [0.1, 0.15) is 5.69 Å². The van der Waals surface area contributed by atoms with Crippen molar-refractivity contribution in [3.05, 3.63) is 57.6 Å². The summed E-state index contributed by atoms with van der Waals surface area (Å²) in [5, 5.41) is 28.1. The first kappa shape index (κ1) is 13.0. The van der Waals surface area contributed by atoms with Gasteiger partial charge >= 0.3 is 5.69 Å². The predicted molar refractivity (Wildman–Crippen MR) is 70.4 cm³/mol. The molecule has 0 aliphatic rings. The van der Waals surface area contributed by atoms with Crippen molar-refractivity contribution in [1.82, 2.24) is 0 Å². The molecule has 0 atom stereocenters. The summed E-state index contributed by atoms with van der Waals surface area (Å²) < 4.78 is 0. The Kier molecular flexibility index (Phi) is 3.72. The third kappa shape index (κ3) is 3.05. The Labute approximate surface area is 113 Å². The second-order valence-electron chi connectivity index (χ2n) is 3.58. The molecule has 6 nitrogen and oxygen atoms in total. The maximum Gasteiger partial charge on any atom is 0.312 e. The monoisotopic (exact) mass is 277 g/mol. The number of nitrogens with zero attached hydrogens (tertiary/aromatic N) is 3. The van der Waals surface area contributed by atoms with E-state index in [4.69, 9.17) is 11.6 Å². The number of halogens is 1. The third-order valence-corrected chi connectivity index (χ3v) is 2.60. The molecule has 0 bridgehead atoms. The van der Waals surface area contributed by atoms with Gasteiger partial charge in [-0.3, -0.25) is 10.1 Å². The summed E-state index contributed by atoms with van der Waals surface area (Å²) in [5.74, 6) is -0.415. The largest absolute Gasteiger partial charge is 0.502 e. The number of rotatable bonds is 3. The van der Waals surface area contributed by atoms with Crippen LogP contribution in [-0.2, 0) is 0 Å². The van der Waals surface area contributed by atoms with Crippen LogP contribution in [0.3, 0.4) is 0 Å². The van der Waals surface area contributed by atoms with E-state index >= 15 is 0 Å². The van der Waals surface area contributed by atoms with E-state index in [1.807, 2.05) is 0 Å². The molecule has 96 valence electrons. The standard InChI is InChI=1S/C12H8ClN3O3/c13-9-3-1-2-4-10(9)15-14-8-5-6-12(17)11(7-8)16(18)19/h1-7,17H. The lowest BCUT2D eigenvalue weighted by Crippen LogP contribution is -1.87. The highest BCUT2D eigenvalue weighted by atomic mass is 35.5. The zero-order valence-electron chi connectivity index (χ0n) is 9.52. The Morgan fingerprint density at radius 3 is 2.58 bits per heavy atom. The highest BCUT2D eigenvalue weighted by molar-refractivity contribution is 6.32. The van der Waals surface area contributed by atoms with Gasteiger partial charge in [-0.1, -0.05) is 23.7 Å². The summed E-state index contributed by atoms with van der Waals surface area (Å²) in [4.78, 5) is 9.96. The van der Waals surface area contributed by atoms with Crippen molar-refractivity contribution in [2.45, 2.75) is 0 Å². The quantitative estimate of drug-likeness (QED) is 0.513. The molecule has 0 aliphatic heterocycles. The number of azo groups is 1. The van der Waals surface area contributed by atoms with Crippen molar-refractivity contribution in [3.63, 3.8) is 0 Å². The molecule has 19 heavy (non-hydrogen) atoms. The molecule has 0 unspecified atom stereocenters. The highest BCUT2D eigenvalue weighted by Gasteiger charge is 2.13. The fourth-order valence-corrected chi connectivity index (χ4v) is 1.54. The van der Waals surface area contributed by atoms with Gasteiger partial charge < -0.3 is 5.11 Å². The van der Waals surface area contributed by atoms with Gasteiger partial charge in [-0.05, 0) is 24.3 Å². The third-order valence-electron chi connectivity index (χ3n) is 2.28. The Hall–Kier alpha value is -2.47. The lowest BCUT2D eigenvalue weighted by atomic mass is 10.2. The van der Waals surface area contributed by atoms with Gasteiger partial charge in [0, 0.05) is 6.07 Å². The summed E-state index contributed by atoms with van der Waals surface area (Å²) in [7, 11) is 0. The molecular formula is C12H8ClN3O3. The topological polar surface area (TPSA) is 88.1 Å². The summed E-state index contributed by atoms with van der Waals surface area (Å²) in [6, 6.07) is 10.6. The fourth-order valence-electron chi connectivity index (χ4n) is 1.36. The summed E-state index contributed by atoms with van der Waals surface area (Å²) in [5.41, 5.74) is 0.292. The number of nitro benzene ring substituents is 1. The van der Waals surface area contributed by atoms with E-state index in [1.54, 1.807) is 24.3 Å². The van der Waals surface area contributed by atoms with Crippen molar-refractivity contribution >= 4 is 28.7 Å². The number of benzene rings is 2. The van der Waals surface area contributed by atoms with Gasteiger partial charge in [-0.25, -0.2) is 0 Å². The van der Waals surface area contributed by atoms with Crippen molar-refractivity contribution in [1.29, 1.82) is 0 Å². The molecule has 1 N–H and O–H groups in total. The van der Waals surface area contributed by atoms with E-state index in [0.717, 1.165) is 6.07 Å². The van der Waals surface area contributed by atoms with Crippen LogP contribution in [0.2, 0.25) is 5.02 Å². The molecule has 7 heteroatoms. The minimum atomic E-state index is -0.691. The van der Waals surface area contributed by atoms with Gasteiger partial charge in [0.05, 0.1) is 15.6 Å². The first-order valence-electron chi connectivity index (χ1n) is 5.21. The minimum Gasteiger partial charge on any atom is -0.502 e. The van der Waals surface area contributed by atoms with Crippen LogP contribution in [0.25, 0.3) is 0 Å². The maximum atomic E-state index is 10.7. The van der Waals surface area contributed by atoms with E-state index in [2.05, 4.69) is 10.2 Å². The maximum absolute atomic E-state index is 10.7. The van der Waals surface area contributed by atoms with Crippen LogP contribution in [-0.4, -0.2) is 10.0 Å². The molecule has 0 saturated heterocycles. The number of hydrogen-bond acceptors (Lipinski definition) is 5. The van der Waals surface area contributed by atoms with Crippen molar-refractivity contribution in [2.24, 2.45) is 10.2 Å². The van der Waals surface area contributed by atoms with Crippen LogP contribution in [0, 0.1) is 10.1 Å². The van der Waals surface area contributed by atoms with Gasteiger partial charge in [0.15, 0.2) is 5.75 Å². The molecule has 0 amide bonds. The second-order valence-corrected chi connectivity index (χ2v) is 3.99. The number of nitro groups is 1. The molecule has 2 aromatic rings. The number of hydrogen-bond donors (Lipinski definition) is 1. The molecule has 0 heterocycles. The van der Waals surface area contributed by atoms with Crippen LogP contribution < -0.4 is 0 Å². The van der Waals surface area contributed by atoms with Gasteiger partial charge in [0.25, 0.3) is 0 Å². The van der Waals surface area contributed by atoms with Crippen molar-refractivity contribution in [2.75, 3.05) is 0 Å². The average Bonchev–Trinajstić information content (AvgIpc) is 2.39. The summed E-state index contributed by atoms with van der Waals surface area (Å²) in [6.07, 6.45) is 0. The number of phenols is 1. The Bertz CT molecular complexity index is 658. The van der Waals surface area contributed by atoms with Crippen LogP contribution in [0.15, 0.2) is 52.7 Å². The molecule has 0 radical (unpaired) electrons. The van der Waals surface area contributed by atoms with Crippen LogP contribution in [0.1, 0.15) is 0 Å². The predicted octanol–water partition coefficient (Wildman–Crippen LogP) is 4.37. The van der Waals surface area contributed by atoms with E-state index in [0.29, 0.717) is 10.7 Å². The van der Waals surface area contributed by atoms with E-state index in [9.17, 15) is 15.2 Å². The van der Waals surface area contributed by atoms with Crippen LogP contribution in [0.4, 0.5) is 17.1 Å². The molecule has 2 aromatic carbocycles. The van der Waals surface area contributed by atoms with Gasteiger partial charge in [-0.2, -0.15) is 5.11 Å². The Balaban J connectivity index is 2.32. The van der Waals surface area contributed by atoms with E-state index in [1.165, 1.54) is 12.1 Å². The normalized spacial score (nSPS) is 10.8. The van der Waals surface area contributed by atoms with Crippen molar-refractivity contribution < 1.29 is 10.0 Å². The molecular weight excluding hydrogens is 270 g/mol. The second kappa shape index (κ2) is 5.45. The molecule has 0 saturated carbocycles. The molecule has 0 aromatic heterocycles. The SMILES string of the molecule is O=[N+]([O-])c1cc(N=Nc2ccccc2Cl)ccc1O. The smallest absolute Gasteiger partial charge is 0.312 e. The molecule has 0 spiro atoms. The molecule has 0 fully saturated rings. The molecule has 0 aliphatic carbocycles.